The fourth-order valence-electron chi connectivity index (χ4n) is 5.72. The predicted molar refractivity (Wildman–Crippen MR) is 169 cm³/mol. The van der Waals surface area contributed by atoms with Crippen molar-refractivity contribution in [1.82, 2.24) is 15.2 Å². The summed E-state index contributed by atoms with van der Waals surface area (Å²) in [6.07, 6.45) is 5.63. The number of aromatic nitrogens is 1. The molecule has 4 N–H and O–H groups in total. The van der Waals surface area contributed by atoms with E-state index in [9.17, 15) is 19.2 Å². The molecule has 4 rings (SSSR count). The summed E-state index contributed by atoms with van der Waals surface area (Å²) in [5, 5.41) is 8.19. The van der Waals surface area contributed by atoms with Gasteiger partial charge >= 0.3 is 6.09 Å². The second kappa shape index (κ2) is 15.6. The number of carbonyl (C=O) groups is 4. The van der Waals surface area contributed by atoms with Crippen molar-refractivity contribution >= 4 is 51.1 Å². The number of carbonyl (C=O) groups excluding carboxylic acids is 4. The number of amides is 4. The number of unbranched alkanes of at least 4 members (excludes halogenated alkanes) is 3. The van der Waals surface area contributed by atoms with Crippen molar-refractivity contribution in [1.29, 1.82) is 0 Å². The van der Waals surface area contributed by atoms with E-state index in [2.05, 4.69) is 10.6 Å². The van der Waals surface area contributed by atoms with Crippen molar-refractivity contribution in [2.75, 3.05) is 24.6 Å². The number of fused-ring (bicyclic) bond motifs is 1. The molecule has 232 valence electrons. The second-order valence-corrected chi connectivity index (χ2v) is 12.1. The molecule has 1 fully saturated rings. The summed E-state index contributed by atoms with van der Waals surface area (Å²) in [7, 11) is 0. The van der Waals surface area contributed by atoms with Crippen LogP contribution in [0.4, 0.5) is 10.5 Å². The highest BCUT2D eigenvalue weighted by Crippen LogP contribution is 2.28. The topological polar surface area (TPSA) is 136 Å². The van der Waals surface area contributed by atoms with Crippen LogP contribution in [0.3, 0.4) is 0 Å². The molecule has 3 aromatic rings. The third kappa shape index (κ3) is 8.82. The Balaban J connectivity index is 1.27. The third-order valence-electron chi connectivity index (χ3n) is 8.03. The summed E-state index contributed by atoms with van der Waals surface area (Å²) in [5.41, 5.74) is 8.23. The molecule has 0 radical (unpaired) electrons. The van der Waals surface area contributed by atoms with E-state index in [1.165, 1.54) is 0 Å². The Morgan fingerprint density at radius 2 is 1.81 bits per heavy atom. The van der Waals surface area contributed by atoms with Gasteiger partial charge < -0.3 is 30.6 Å². The maximum absolute atomic E-state index is 13.5. The van der Waals surface area contributed by atoms with Crippen LogP contribution in [0.25, 0.3) is 10.2 Å². The number of rotatable bonds is 14. The van der Waals surface area contributed by atoms with Crippen LogP contribution in [0, 0.1) is 12.8 Å². The summed E-state index contributed by atoms with van der Waals surface area (Å²) in [6, 6.07) is 11.7. The molecule has 0 aliphatic heterocycles. The summed E-state index contributed by atoms with van der Waals surface area (Å²) >= 11 is 1.55. The molecule has 0 bridgehead atoms. The first kappa shape index (κ1) is 32.1. The Hall–Kier alpha value is -3.86. The quantitative estimate of drug-likeness (QED) is 0.218. The summed E-state index contributed by atoms with van der Waals surface area (Å²) in [5.74, 6) is -0.243. The maximum Gasteiger partial charge on any atom is 0.404 e. The number of likely N-dealkylation sites (N-methyl/N-ethyl adjacent to an activating group) is 1. The zero-order valence-corrected chi connectivity index (χ0v) is 25.9. The predicted octanol–water partition coefficient (Wildman–Crippen LogP) is 5.12. The number of hydrogen-bond acceptors (Lipinski definition) is 6. The first-order valence-electron chi connectivity index (χ1n) is 15.2. The fraction of sp³-hybridized carbons (Fsp3) is 0.500. The van der Waals surface area contributed by atoms with Gasteiger partial charge in [-0.25, -0.2) is 4.79 Å². The molecule has 0 spiro atoms. The Morgan fingerprint density at radius 3 is 2.53 bits per heavy atom. The van der Waals surface area contributed by atoms with Gasteiger partial charge in [0.05, 0.1) is 16.8 Å². The molecule has 4 amide bonds. The second-order valence-electron chi connectivity index (χ2n) is 11.2. The van der Waals surface area contributed by atoms with Gasteiger partial charge in [-0.1, -0.05) is 18.6 Å². The molecule has 2 aromatic heterocycles. The largest absolute Gasteiger partial charge is 0.450 e. The number of nitrogens with one attached hydrogen (secondary N) is 2. The van der Waals surface area contributed by atoms with E-state index in [0.717, 1.165) is 72.8 Å². The molecule has 2 heterocycles. The van der Waals surface area contributed by atoms with Crippen LogP contribution < -0.4 is 21.3 Å². The van der Waals surface area contributed by atoms with E-state index in [0.29, 0.717) is 25.4 Å². The van der Waals surface area contributed by atoms with Gasteiger partial charge in [-0.3, -0.25) is 14.4 Å². The van der Waals surface area contributed by atoms with Gasteiger partial charge in [0.2, 0.25) is 11.8 Å². The molecular weight excluding hydrogens is 566 g/mol. The summed E-state index contributed by atoms with van der Waals surface area (Å²) in [4.78, 5) is 52.0. The van der Waals surface area contributed by atoms with Crippen molar-refractivity contribution < 1.29 is 23.9 Å². The van der Waals surface area contributed by atoms with E-state index in [1.807, 2.05) is 60.2 Å². The van der Waals surface area contributed by atoms with E-state index < -0.39 is 6.09 Å². The van der Waals surface area contributed by atoms with Gasteiger partial charge in [0.25, 0.3) is 5.91 Å². The number of anilines is 1. The van der Waals surface area contributed by atoms with Crippen LogP contribution in [0.15, 0.2) is 41.8 Å². The van der Waals surface area contributed by atoms with Crippen molar-refractivity contribution in [2.45, 2.75) is 77.8 Å². The number of primary amides is 1. The molecule has 0 saturated heterocycles. The average molecular weight is 610 g/mol. The van der Waals surface area contributed by atoms with Crippen LogP contribution in [0.5, 0.6) is 0 Å². The maximum atomic E-state index is 13.5. The SMILES string of the molecule is CCN(C(=O)Cn1c(C(=O)N[C@H]2CC[C@H](C(=O)NCCCCCCOC(N)=O)CC2)cc2sccc21)c1cccc(C)c1. The Morgan fingerprint density at radius 1 is 1.05 bits per heavy atom. The first-order valence-corrected chi connectivity index (χ1v) is 16.1. The molecule has 1 saturated carbocycles. The monoisotopic (exact) mass is 609 g/mol. The lowest BCUT2D eigenvalue weighted by Crippen LogP contribution is -2.42. The minimum absolute atomic E-state index is 0.0179. The minimum atomic E-state index is -0.750. The molecule has 1 aromatic carbocycles. The molecule has 11 heteroatoms. The molecule has 1 aliphatic carbocycles. The van der Waals surface area contributed by atoms with Crippen molar-refractivity contribution in [3.8, 4) is 0 Å². The highest BCUT2D eigenvalue weighted by atomic mass is 32.1. The lowest BCUT2D eigenvalue weighted by Gasteiger charge is -2.28. The Kier molecular flexibility index (Phi) is 11.6. The number of aryl methyl sites for hydroxylation is 1. The van der Waals surface area contributed by atoms with E-state index >= 15 is 0 Å². The zero-order chi connectivity index (χ0) is 30.8. The van der Waals surface area contributed by atoms with E-state index in [4.69, 9.17) is 10.5 Å². The van der Waals surface area contributed by atoms with Gasteiger partial charge in [0.15, 0.2) is 0 Å². The van der Waals surface area contributed by atoms with Crippen LogP contribution >= 0.6 is 11.3 Å². The number of nitrogens with two attached hydrogens (primary N) is 1. The van der Waals surface area contributed by atoms with E-state index in [1.54, 1.807) is 16.2 Å². The number of benzene rings is 1. The van der Waals surface area contributed by atoms with Gasteiger partial charge in [0, 0.05) is 30.7 Å². The molecule has 10 nitrogen and oxygen atoms in total. The van der Waals surface area contributed by atoms with Gasteiger partial charge in [-0.15, -0.1) is 11.3 Å². The van der Waals surface area contributed by atoms with Crippen molar-refractivity contribution in [3.05, 3.63) is 53.0 Å². The summed E-state index contributed by atoms with van der Waals surface area (Å²) < 4.78 is 7.51. The van der Waals surface area contributed by atoms with E-state index in [-0.39, 0.29) is 36.2 Å². The fourth-order valence-corrected chi connectivity index (χ4v) is 6.55. The van der Waals surface area contributed by atoms with Gasteiger partial charge in [0.1, 0.15) is 12.2 Å². The Labute approximate surface area is 256 Å². The average Bonchev–Trinajstić information content (AvgIpc) is 3.58. The Bertz CT molecular complexity index is 1410. The van der Waals surface area contributed by atoms with Crippen LogP contribution in [-0.2, 0) is 20.9 Å². The van der Waals surface area contributed by atoms with Crippen molar-refractivity contribution in [2.24, 2.45) is 11.7 Å². The highest BCUT2D eigenvalue weighted by molar-refractivity contribution is 7.17. The number of nitrogens with zero attached hydrogens (tertiary/aromatic N) is 2. The normalized spacial score (nSPS) is 16.5. The lowest BCUT2D eigenvalue weighted by atomic mass is 9.85. The molecule has 0 atom stereocenters. The third-order valence-corrected chi connectivity index (χ3v) is 8.88. The smallest absolute Gasteiger partial charge is 0.404 e. The van der Waals surface area contributed by atoms with Gasteiger partial charge in [-0.2, -0.15) is 0 Å². The number of ether oxygens (including phenoxy) is 1. The summed E-state index contributed by atoms with van der Waals surface area (Å²) in [6.45, 7) is 5.50. The number of hydrogen-bond donors (Lipinski definition) is 3. The highest BCUT2D eigenvalue weighted by Gasteiger charge is 2.28. The van der Waals surface area contributed by atoms with Crippen LogP contribution in [0.2, 0.25) is 0 Å². The van der Waals surface area contributed by atoms with Gasteiger partial charge in [-0.05, 0) is 94.0 Å². The molecular formula is C32H43N5O5S. The first-order chi connectivity index (χ1) is 20.8. The molecule has 43 heavy (non-hydrogen) atoms. The molecule has 1 aliphatic rings. The van der Waals surface area contributed by atoms with Crippen LogP contribution in [-0.4, -0.2) is 54.1 Å². The lowest BCUT2D eigenvalue weighted by molar-refractivity contribution is -0.126. The number of thiophene rings is 1. The zero-order valence-electron chi connectivity index (χ0n) is 25.1. The van der Waals surface area contributed by atoms with Crippen molar-refractivity contribution in [3.63, 3.8) is 0 Å². The standard InChI is InChI=1S/C32H43N5O5S/c1-3-36(25-10-8-9-22(2)19-25)29(38)21-37-26-15-18-43-28(26)20-27(37)31(40)35-24-13-11-23(12-14-24)30(39)34-16-6-4-5-7-17-42-32(33)41/h8-10,15,18-20,23-24H,3-7,11-14,16-17,21H2,1-2H3,(H2,33,41)(H,34,39)(H,35,40)/t23-,24-. The minimum Gasteiger partial charge on any atom is -0.450 e. The van der Waals surface area contributed by atoms with Crippen LogP contribution in [0.1, 0.15) is 74.3 Å². The molecule has 0 unspecified atom stereocenters.